The first-order valence-corrected chi connectivity index (χ1v) is 22.9. The molecular formula is C40H48N6SSi2. The number of hydrogen-bond acceptors (Lipinski definition) is 7. The molecule has 0 saturated carbocycles. The number of nitrogens with zero attached hydrogens (tertiary/aromatic N) is 6. The lowest BCUT2D eigenvalue weighted by atomic mass is 10.0. The molecule has 0 atom stereocenters. The van der Waals surface area contributed by atoms with E-state index in [1.165, 1.54) is 11.7 Å². The molecule has 0 radical (unpaired) electrons. The molecule has 4 aromatic heterocycles. The molecule has 0 unspecified atom stereocenters. The molecule has 6 rings (SSSR count). The second kappa shape index (κ2) is 13.2. The van der Waals surface area contributed by atoms with Gasteiger partial charge in [-0.05, 0) is 57.5 Å². The molecule has 0 aliphatic rings. The zero-order valence-corrected chi connectivity index (χ0v) is 33.8. The molecule has 0 amide bonds. The van der Waals surface area contributed by atoms with Gasteiger partial charge in [0.1, 0.15) is 38.2 Å². The van der Waals surface area contributed by atoms with Gasteiger partial charge in [0.05, 0.1) is 44.9 Å². The van der Waals surface area contributed by atoms with E-state index in [4.69, 9.17) is 28.7 Å². The Morgan fingerprint density at radius 1 is 0.469 bits per heavy atom. The van der Waals surface area contributed by atoms with Crippen molar-refractivity contribution in [3.63, 3.8) is 0 Å². The maximum Gasteiger partial charge on any atom is 0.146 e. The van der Waals surface area contributed by atoms with E-state index >= 15 is 0 Å². The molecule has 9 heteroatoms. The smallest absolute Gasteiger partial charge is 0.146 e. The Morgan fingerprint density at radius 2 is 0.816 bits per heavy atom. The van der Waals surface area contributed by atoms with Gasteiger partial charge in [0.2, 0.25) is 0 Å². The number of benzene rings is 2. The van der Waals surface area contributed by atoms with E-state index < -0.39 is 16.1 Å². The summed E-state index contributed by atoms with van der Waals surface area (Å²) in [6, 6.07) is 8.04. The van der Waals surface area contributed by atoms with Crippen molar-refractivity contribution in [1.82, 2.24) is 28.7 Å². The standard InChI is InChI=1S/C40H48N6SSi2/c1-23(2)48(24(3)4,25(5)6)21-17-31-37-38(32(40-39(31)45-47-46-40)18-22-49(26(7)8,27(9)10)28(11)12)44-36-30-16-14-20-42-34(30)33-29(35(36)43-37)15-13-19-41-33/h13-16,19-20,23-28H,1-12H3. The van der Waals surface area contributed by atoms with Crippen molar-refractivity contribution in [3.8, 4) is 22.9 Å². The number of pyridine rings is 2. The van der Waals surface area contributed by atoms with Crippen molar-refractivity contribution in [2.24, 2.45) is 0 Å². The molecule has 0 saturated heterocycles. The van der Waals surface area contributed by atoms with E-state index in [9.17, 15) is 0 Å². The molecule has 0 spiro atoms. The zero-order chi connectivity index (χ0) is 35.4. The molecule has 0 N–H and O–H groups in total. The third-order valence-corrected chi connectivity index (χ3v) is 24.3. The van der Waals surface area contributed by atoms with Gasteiger partial charge >= 0.3 is 0 Å². The lowest BCUT2D eigenvalue weighted by molar-refractivity contribution is 0.838. The van der Waals surface area contributed by atoms with Crippen LogP contribution in [-0.4, -0.2) is 44.8 Å². The SMILES string of the molecule is CC(C)[Si](C#Cc1c2nsnc2c(C#C[Si](C(C)C)(C(C)C)C(C)C)c2nc3c4cccnc4c4ncccc4c3nc12)(C(C)C)C(C)C. The fourth-order valence-corrected chi connectivity index (χ4v) is 19.9. The van der Waals surface area contributed by atoms with Crippen molar-refractivity contribution in [2.45, 2.75) is 116 Å². The second-order valence-corrected chi connectivity index (χ2v) is 27.1. The van der Waals surface area contributed by atoms with Crippen LogP contribution in [0.25, 0.3) is 54.9 Å². The Hall–Kier alpha value is -3.77. The van der Waals surface area contributed by atoms with Crippen LogP contribution in [0.1, 0.15) is 94.2 Å². The van der Waals surface area contributed by atoms with Crippen LogP contribution in [0.5, 0.6) is 0 Å². The summed E-state index contributed by atoms with van der Waals surface area (Å²) in [5, 5.41) is 1.84. The van der Waals surface area contributed by atoms with Crippen molar-refractivity contribution in [3.05, 3.63) is 47.8 Å². The highest BCUT2D eigenvalue weighted by Crippen LogP contribution is 2.43. The minimum absolute atomic E-state index is 0.488. The van der Waals surface area contributed by atoms with Gasteiger partial charge in [-0.15, -0.1) is 11.1 Å². The summed E-state index contributed by atoms with van der Waals surface area (Å²) in [4.78, 5) is 20.5. The summed E-state index contributed by atoms with van der Waals surface area (Å²) >= 11 is 1.22. The normalized spacial score (nSPS) is 12.9. The lowest BCUT2D eigenvalue weighted by Crippen LogP contribution is -2.43. The Bertz CT molecular complexity index is 2150. The van der Waals surface area contributed by atoms with E-state index in [2.05, 4.69) is 118 Å². The summed E-state index contributed by atoms with van der Waals surface area (Å²) in [6.07, 6.45) is 3.63. The molecule has 0 aliphatic carbocycles. The Kier molecular flexibility index (Phi) is 9.43. The molecule has 6 aromatic rings. The highest BCUT2D eigenvalue weighted by Gasteiger charge is 2.43. The molecule has 6 nitrogen and oxygen atoms in total. The quantitative estimate of drug-likeness (QED) is 0.0745. The van der Waals surface area contributed by atoms with Gasteiger partial charge in [0.25, 0.3) is 0 Å². The van der Waals surface area contributed by atoms with E-state index in [0.717, 1.165) is 66.0 Å². The van der Waals surface area contributed by atoms with E-state index in [1.54, 1.807) is 0 Å². The number of rotatable bonds is 6. The first kappa shape index (κ1) is 35.1. The average Bonchev–Trinajstić information content (AvgIpc) is 3.54. The Morgan fingerprint density at radius 3 is 1.14 bits per heavy atom. The second-order valence-electron chi connectivity index (χ2n) is 15.4. The highest BCUT2D eigenvalue weighted by atomic mass is 32.1. The van der Waals surface area contributed by atoms with Gasteiger partial charge < -0.3 is 0 Å². The maximum absolute atomic E-state index is 5.49. The number of fused-ring (bicyclic) bond motifs is 8. The fourth-order valence-electron chi connectivity index (χ4n) is 8.92. The van der Waals surface area contributed by atoms with Gasteiger partial charge in [0, 0.05) is 23.2 Å². The van der Waals surface area contributed by atoms with Crippen LogP contribution in [0.2, 0.25) is 33.2 Å². The summed E-state index contributed by atoms with van der Waals surface area (Å²) in [5.41, 5.74) is 18.7. The maximum atomic E-state index is 5.49. The first-order chi connectivity index (χ1) is 23.3. The van der Waals surface area contributed by atoms with Crippen LogP contribution >= 0.6 is 11.7 Å². The van der Waals surface area contributed by atoms with Crippen molar-refractivity contribution in [2.75, 3.05) is 0 Å². The zero-order valence-electron chi connectivity index (χ0n) is 31.0. The van der Waals surface area contributed by atoms with Crippen molar-refractivity contribution in [1.29, 1.82) is 0 Å². The van der Waals surface area contributed by atoms with Gasteiger partial charge in [0.15, 0.2) is 0 Å². The predicted molar refractivity (Wildman–Crippen MR) is 214 cm³/mol. The Labute approximate surface area is 297 Å². The van der Waals surface area contributed by atoms with Crippen LogP contribution in [-0.2, 0) is 0 Å². The molecule has 0 aliphatic heterocycles. The van der Waals surface area contributed by atoms with Gasteiger partial charge in [-0.1, -0.05) is 94.9 Å². The predicted octanol–water partition coefficient (Wildman–Crippen LogP) is 11.0. The van der Waals surface area contributed by atoms with Crippen LogP contribution in [0, 0.1) is 22.9 Å². The van der Waals surface area contributed by atoms with Gasteiger partial charge in [-0.2, -0.15) is 8.75 Å². The molecule has 4 heterocycles. The van der Waals surface area contributed by atoms with Crippen molar-refractivity contribution >= 4 is 82.8 Å². The number of aromatic nitrogens is 6. The average molecular weight is 701 g/mol. The van der Waals surface area contributed by atoms with Crippen LogP contribution in [0.15, 0.2) is 36.7 Å². The Balaban J connectivity index is 1.84. The largest absolute Gasteiger partial charge is 0.254 e. The summed E-state index contributed by atoms with van der Waals surface area (Å²) in [6.45, 7) is 28.1. The van der Waals surface area contributed by atoms with E-state index in [0.29, 0.717) is 33.2 Å². The summed E-state index contributed by atoms with van der Waals surface area (Å²) in [7, 11) is -4.17. The van der Waals surface area contributed by atoms with Crippen LogP contribution in [0.3, 0.4) is 0 Å². The van der Waals surface area contributed by atoms with Crippen LogP contribution < -0.4 is 0 Å². The minimum atomic E-state index is -2.08. The van der Waals surface area contributed by atoms with E-state index in [1.807, 2.05) is 24.5 Å². The summed E-state index contributed by atoms with van der Waals surface area (Å²) in [5.74, 6) is 7.50. The van der Waals surface area contributed by atoms with Crippen LogP contribution in [0.4, 0.5) is 0 Å². The number of hydrogen-bond donors (Lipinski definition) is 0. The van der Waals surface area contributed by atoms with Crippen molar-refractivity contribution < 1.29 is 0 Å². The fraction of sp³-hybridized carbons (Fsp3) is 0.450. The van der Waals surface area contributed by atoms with Gasteiger partial charge in [-0.25, -0.2) is 9.97 Å². The third kappa shape index (κ3) is 5.46. The molecule has 252 valence electrons. The monoisotopic (exact) mass is 700 g/mol. The highest BCUT2D eigenvalue weighted by molar-refractivity contribution is 7.00. The third-order valence-electron chi connectivity index (χ3n) is 11.2. The first-order valence-electron chi connectivity index (χ1n) is 17.7. The van der Waals surface area contributed by atoms with E-state index in [-0.39, 0.29) is 0 Å². The topological polar surface area (TPSA) is 77.3 Å². The molecule has 0 fully saturated rings. The molecular weight excluding hydrogens is 653 g/mol. The molecule has 49 heavy (non-hydrogen) atoms. The lowest BCUT2D eigenvalue weighted by Gasteiger charge is -2.38. The molecule has 0 bridgehead atoms. The summed E-state index contributed by atoms with van der Waals surface area (Å²) < 4.78 is 9.81. The van der Waals surface area contributed by atoms with Gasteiger partial charge in [-0.3, -0.25) is 9.97 Å². The minimum Gasteiger partial charge on any atom is -0.254 e. The molecule has 2 aromatic carbocycles.